The fourth-order valence-electron chi connectivity index (χ4n) is 3.61. The van der Waals surface area contributed by atoms with Crippen LogP contribution in [0.2, 0.25) is 10.0 Å². The lowest BCUT2D eigenvalue weighted by Crippen LogP contribution is -2.59. The maximum atomic E-state index is 13.3. The first kappa shape index (κ1) is 23.1. The average Bonchev–Trinajstić information content (AvgIpc) is 2.84. The van der Waals surface area contributed by atoms with Crippen molar-refractivity contribution in [3.05, 3.63) is 52.0 Å². The van der Waals surface area contributed by atoms with E-state index in [-0.39, 0.29) is 32.9 Å². The Morgan fingerprint density at radius 1 is 1.13 bits per heavy atom. The predicted octanol–water partition coefficient (Wildman–Crippen LogP) is 5.68. The molecule has 0 saturated heterocycles. The zero-order chi connectivity index (χ0) is 22.5. The molecule has 0 aliphatic carbocycles. The highest BCUT2D eigenvalue weighted by atomic mass is 35.5. The van der Waals surface area contributed by atoms with E-state index < -0.39 is 33.7 Å². The second-order valence-electron chi connectivity index (χ2n) is 7.08. The van der Waals surface area contributed by atoms with Crippen molar-refractivity contribution in [2.75, 3.05) is 18.0 Å². The van der Waals surface area contributed by atoms with Crippen molar-refractivity contribution >= 4 is 44.7 Å². The van der Waals surface area contributed by atoms with E-state index in [2.05, 4.69) is 0 Å². The van der Waals surface area contributed by atoms with Crippen LogP contribution < -0.4 is 9.55 Å². The van der Waals surface area contributed by atoms with Crippen molar-refractivity contribution in [3.63, 3.8) is 0 Å². The summed E-state index contributed by atoms with van der Waals surface area (Å²) in [5, 5.41) is 0.149. The summed E-state index contributed by atoms with van der Waals surface area (Å²) in [6.07, 6.45) is -5.54. The zero-order valence-corrected chi connectivity index (χ0v) is 18.7. The maximum absolute atomic E-state index is 13.3. The van der Waals surface area contributed by atoms with Crippen molar-refractivity contribution in [1.82, 2.24) is 4.65 Å². The normalized spacial score (nSPS) is 21.7. The van der Waals surface area contributed by atoms with Gasteiger partial charge in [-0.2, -0.15) is 21.6 Å². The number of fused-ring (bicyclic) bond motifs is 1. The average molecular weight is 484 g/mol. The third-order valence-corrected chi connectivity index (χ3v) is 7.18. The summed E-state index contributed by atoms with van der Waals surface area (Å²) in [6.45, 7) is 3.64. The molecular weight excluding hydrogens is 464 g/mol. The summed E-state index contributed by atoms with van der Waals surface area (Å²) in [5.74, 6) is 0. The van der Waals surface area contributed by atoms with Gasteiger partial charge in [0.05, 0.1) is 14.9 Å². The first-order valence-electron chi connectivity index (χ1n) is 9.04. The zero-order valence-electron chi connectivity index (χ0n) is 16.4. The Morgan fingerprint density at radius 3 is 2.23 bits per heavy atom. The molecule has 0 aromatic heterocycles. The lowest BCUT2D eigenvalue weighted by Gasteiger charge is -2.35. The number of halogens is 5. The molecule has 1 aliphatic rings. The third kappa shape index (κ3) is 4.13. The molecule has 0 N–H and O–H groups in total. The number of nitrogens with zero attached hydrogens (tertiary/aromatic N) is 2. The molecule has 1 heterocycles. The van der Waals surface area contributed by atoms with Gasteiger partial charge in [-0.25, -0.2) is 0 Å². The van der Waals surface area contributed by atoms with Gasteiger partial charge in [-0.05, 0) is 32.0 Å². The molecule has 5 nitrogen and oxygen atoms in total. The van der Waals surface area contributed by atoms with Crippen molar-refractivity contribution < 1.29 is 25.9 Å². The van der Waals surface area contributed by atoms with Crippen LogP contribution >= 0.6 is 23.2 Å². The number of hydroxylamine groups is 2. The molecule has 0 amide bonds. The van der Waals surface area contributed by atoms with E-state index >= 15 is 0 Å². The SMILES string of the molecule is CC[N+]1(OS(=O)(=O)c2ccc(C)cc2)c2cc(Cl)c(Cl)cc2N(CC(F)(F)F)C1C. The van der Waals surface area contributed by atoms with Crippen molar-refractivity contribution in [1.29, 1.82) is 0 Å². The molecule has 2 aromatic carbocycles. The number of alkyl halides is 3. The number of anilines is 1. The van der Waals surface area contributed by atoms with Gasteiger partial charge in [-0.15, -0.1) is 4.65 Å². The summed E-state index contributed by atoms with van der Waals surface area (Å²) >= 11 is 12.2. The van der Waals surface area contributed by atoms with Gasteiger partial charge in [-0.3, -0.25) is 0 Å². The molecule has 30 heavy (non-hydrogen) atoms. The first-order chi connectivity index (χ1) is 13.8. The Hall–Kier alpha value is -1.52. The van der Waals surface area contributed by atoms with Crippen molar-refractivity contribution in [2.24, 2.45) is 0 Å². The summed E-state index contributed by atoms with van der Waals surface area (Å²) in [7, 11) is -4.31. The summed E-state index contributed by atoms with van der Waals surface area (Å²) in [5.41, 5.74) is 1.17. The van der Waals surface area contributed by atoms with Crippen LogP contribution in [0.3, 0.4) is 0 Å². The summed E-state index contributed by atoms with van der Waals surface area (Å²) < 4.78 is 70.8. The fraction of sp³-hybridized carbons (Fsp3) is 0.368. The van der Waals surface area contributed by atoms with Crippen LogP contribution in [0.15, 0.2) is 41.3 Å². The second kappa shape index (κ2) is 7.87. The molecule has 0 radical (unpaired) electrons. The van der Waals surface area contributed by atoms with Gasteiger partial charge < -0.3 is 4.90 Å². The third-order valence-electron chi connectivity index (χ3n) is 5.15. The molecular formula is C19H20Cl2F3N2O3S+. The van der Waals surface area contributed by atoms with E-state index in [0.717, 1.165) is 10.5 Å². The van der Waals surface area contributed by atoms with Crippen molar-refractivity contribution in [2.45, 2.75) is 38.0 Å². The molecule has 0 saturated carbocycles. The minimum atomic E-state index is -4.53. The van der Waals surface area contributed by atoms with Gasteiger partial charge >= 0.3 is 16.3 Å². The number of hydrogen-bond donors (Lipinski definition) is 0. The molecule has 2 atom stereocenters. The van der Waals surface area contributed by atoms with Crippen LogP contribution in [-0.2, 0) is 14.4 Å². The topological polar surface area (TPSA) is 46.6 Å². The predicted molar refractivity (Wildman–Crippen MR) is 111 cm³/mol. The van der Waals surface area contributed by atoms with E-state index in [0.29, 0.717) is 0 Å². The number of quaternary nitrogens is 1. The fourth-order valence-corrected chi connectivity index (χ4v) is 5.14. The Balaban J connectivity index is 2.15. The van der Waals surface area contributed by atoms with Gasteiger partial charge in [0.1, 0.15) is 18.8 Å². The molecule has 1 aliphatic heterocycles. The lowest BCUT2D eigenvalue weighted by atomic mass is 10.2. The lowest BCUT2D eigenvalue weighted by molar-refractivity contribution is -0.126. The molecule has 164 valence electrons. The molecule has 11 heteroatoms. The minimum absolute atomic E-state index is 0.0333. The molecule has 0 fully saturated rings. The number of aryl methyl sites for hydroxylation is 1. The smallest absolute Gasteiger partial charge is 0.306 e. The monoisotopic (exact) mass is 483 g/mol. The van der Waals surface area contributed by atoms with Crippen LogP contribution in [0, 0.1) is 6.92 Å². The second-order valence-corrected chi connectivity index (χ2v) is 9.43. The van der Waals surface area contributed by atoms with Gasteiger partial charge in [0.25, 0.3) is 0 Å². The molecule has 2 unspecified atom stereocenters. The molecule has 0 bridgehead atoms. The Kier molecular flexibility index (Phi) is 6.07. The Bertz CT molecular complexity index is 1060. The standard InChI is InChI=1S/C19H20Cl2F3N2O3S/c1-4-26(29-30(27,28)14-7-5-12(2)6-8-14)13(3)25(11-19(22,23)24)17-9-15(20)16(21)10-18(17)26/h5-10,13H,4,11H2,1-3H3/q+1. The highest BCUT2D eigenvalue weighted by Crippen LogP contribution is 2.50. The first-order valence-corrected chi connectivity index (χ1v) is 11.2. The quantitative estimate of drug-likeness (QED) is 0.513. The minimum Gasteiger partial charge on any atom is -0.306 e. The molecule has 3 rings (SSSR count). The van der Waals surface area contributed by atoms with Gasteiger partial charge in [-0.1, -0.05) is 45.2 Å². The molecule has 0 spiro atoms. The maximum Gasteiger partial charge on any atom is 0.406 e. The van der Waals surface area contributed by atoms with Crippen LogP contribution in [0.1, 0.15) is 19.4 Å². The van der Waals surface area contributed by atoms with Crippen LogP contribution in [-0.4, -0.2) is 33.8 Å². The van der Waals surface area contributed by atoms with Crippen molar-refractivity contribution in [3.8, 4) is 0 Å². The Morgan fingerprint density at radius 2 is 1.70 bits per heavy atom. The largest absolute Gasteiger partial charge is 0.406 e. The summed E-state index contributed by atoms with van der Waals surface area (Å²) in [4.78, 5) is 0.938. The van der Waals surface area contributed by atoms with E-state index in [1.807, 2.05) is 0 Å². The van der Waals surface area contributed by atoms with E-state index in [1.165, 1.54) is 31.2 Å². The van der Waals surface area contributed by atoms with Gasteiger partial charge in [0, 0.05) is 13.0 Å². The van der Waals surface area contributed by atoms with Crippen LogP contribution in [0.4, 0.5) is 24.5 Å². The number of benzene rings is 2. The van der Waals surface area contributed by atoms with E-state index in [1.54, 1.807) is 26.0 Å². The van der Waals surface area contributed by atoms with E-state index in [9.17, 15) is 21.6 Å². The van der Waals surface area contributed by atoms with Crippen LogP contribution in [0.25, 0.3) is 0 Å². The van der Waals surface area contributed by atoms with Gasteiger partial charge in [0.15, 0.2) is 11.9 Å². The Labute approximate surface area is 183 Å². The number of hydrogen-bond acceptors (Lipinski definition) is 4. The van der Waals surface area contributed by atoms with E-state index in [4.69, 9.17) is 27.5 Å². The highest BCUT2D eigenvalue weighted by Gasteiger charge is 2.56. The summed E-state index contributed by atoms with van der Waals surface area (Å²) in [6, 6.07) is 8.67. The molecule has 2 aromatic rings. The van der Waals surface area contributed by atoms with Gasteiger partial charge in [0.2, 0.25) is 0 Å². The number of rotatable bonds is 5. The van der Waals surface area contributed by atoms with Crippen LogP contribution in [0.5, 0.6) is 0 Å². The highest BCUT2D eigenvalue weighted by molar-refractivity contribution is 7.86.